The highest BCUT2D eigenvalue weighted by molar-refractivity contribution is 7.89. The van der Waals surface area contributed by atoms with Crippen LogP contribution < -0.4 is 9.57 Å². The first kappa shape index (κ1) is 18.2. The molecule has 0 atom stereocenters. The van der Waals surface area contributed by atoms with Crippen LogP contribution in [0.4, 0.5) is 5.69 Å². The van der Waals surface area contributed by atoms with Gasteiger partial charge in [-0.15, -0.1) is 0 Å². The average Bonchev–Trinajstić information content (AvgIpc) is 2.58. The summed E-state index contributed by atoms with van der Waals surface area (Å²) in [5, 5.41) is 24.4. The lowest BCUT2D eigenvalue weighted by molar-refractivity contribution is -0.386. The predicted octanol–water partition coefficient (Wildman–Crippen LogP) is 2.01. The number of hydrogen-bond acceptors (Lipinski definition) is 7. The van der Waals surface area contributed by atoms with Gasteiger partial charge in [0.25, 0.3) is 10.0 Å². The van der Waals surface area contributed by atoms with E-state index >= 15 is 0 Å². The first-order valence-electron chi connectivity index (χ1n) is 7.09. The Morgan fingerprint density at radius 2 is 2.00 bits per heavy atom. The summed E-state index contributed by atoms with van der Waals surface area (Å²) in [5.41, 5.74) is -0.387. The Kier molecular flexibility index (Phi) is 5.55. The van der Waals surface area contributed by atoms with Crippen molar-refractivity contribution in [2.24, 2.45) is 5.10 Å². The number of benzene rings is 2. The van der Waals surface area contributed by atoms with Gasteiger partial charge in [-0.25, -0.2) is 4.83 Å². The summed E-state index contributed by atoms with van der Waals surface area (Å²) >= 11 is 0. The van der Waals surface area contributed by atoms with E-state index in [2.05, 4.69) is 5.10 Å². The van der Waals surface area contributed by atoms with Gasteiger partial charge in [-0.2, -0.15) is 13.5 Å². The van der Waals surface area contributed by atoms with Crippen molar-refractivity contribution in [3.8, 4) is 11.5 Å². The van der Waals surface area contributed by atoms with Crippen molar-refractivity contribution < 1.29 is 23.2 Å². The van der Waals surface area contributed by atoms with E-state index in [0.29, 0.717) is 0 Å². The van der Waals surface area contributed by atoms with Crippen molar-refractivity contribution in [3.05, 3.63) is 58.1 Å². The molecular weight excluding hydrogens is 350 g/mol. The van der Waals surface area contributed by atoms with E-state index in [-0.39, 0.29) is 22.8 Å². The molecule has 10 heteroatoms. The number of nitro groups is 1. The molecule has 2 aromatic rings. The zero-order valence-corrected chi connectivity index (χ0v) is 13.9. The molecule has 0 saturated heterocycles. The van der Waals surface area contributed by atoms with Gasteiger partial charge in [0.15, 0.2) is 5.75 Å². The lowest BCUT2D eigenvalue weighted by Crippen LogP contribution is -2.18. The summed E-state index contributed by atoms with van der Waals surface area (Å²) < 4.78 is 29.2. The molecule has 0 unspecified atom stereocenters. The topological polar surface area (TPSA) is 131 Å². The Morgan fingerprint density at radius 1 is 1.32 bits per heavy atom. The fourth-order valence-electron chi connectivity index (χ4n) is 1.92. The summed E-state index contributed by atoms with van der Waals surface area (Å²) in [6, 6.07) is 9.97. The standard InChI is InChI=1S/C15H15N3O6S/c1-2-24-14-9-11(8-13(15(14)19)18(20)21)10-16-17-25(22,23)12-6-4-3-5-7-12/h3-10,17,19H,2H2,1H3/b16-10+. The van der Waals surface area contributed by atoms with E-state index in [1.165, 1.54) is 18.2 Å². The van der Waals surface area contributed by atoms with Gasteiger partial charge in [-0.05, 0) is 25.1 Å². The molecule has 0 aliphatic rings. The number of nitrogens with one attached hydrogen (secondary N) is 1. The summed E-state index contributed by atoms with van der Waals surface area (Å²) in [7, 11) is -3.85. The number of nitrogens with zero attached hydrogens (tertiary/aromatic N) is 2. The second-order valence-electron chi connectivity index (χ2n) is 4.74. The number of phenolic OH excluding ortho intramolecular Hbond substituents is 1. The van der Waals surface area contributed by atoms with Crippen LogP contribution in [-0.4, -0.2) is 31.3 Å². The number of aromatic hydroxyl groups is 1. The number of ether oxygens (including phenoxy) is 1. The van der Waals surface area contributed by atoms with Crippen molar-refractivity contribution in [1.29, 1.82) is 0 Å². The molecular formula is C15H15N3O6S. The van der Waals surface area contributed by atoms with E-state index in [9.17, 15) is 23.6 Å². The van der Waals surface area contributed by atoms with Gasteiger partial charge in [0.2, 0.25) is 5.75 Å². The van der Waals surface area contributed by atoms with Gasteiger partial charge < -0.3 is 9.84 Å². The number of phenols is 1. The Balaban J connectivity index is 2.27. The van der Waals surface area contributed by atoms with Crippen molar-refractivity contribution in [2.75, 3.05) is 6.61 Å². The summed E-state index contributed by atoms with van der Waals surface area (Å²) in [5.74, 6) is -0.696. The van der Waals surface area contributed by atoms with E-state index in [4.69, 9.17) is 4.74 Å². The minimum absolute atomic E-state index is 0.0267. The third-order valence-corrected chi connectivity index (χ3v) is 4.25. The fraction of sp³-hybridized carbons (Fsp3) is 0.133. The van der Waals surface area contributed by atoms with Gasteiger partial charge in [-0.1, -0.05) is 18.2 Å². The Hall–Kier alpha value is -3.14. The highest BCUT2D eigenvalue weighted by Gasteiger charge is 2.20. The van der Waals surface area contributed by atoms with Crippen molar-refractivity contribution in [2.45, 2.75) is 11.8 Å². The summed E-state index contributed by atoms with van der Waals surface area (Å²) in [6.45, 7) is 1.84. The third-order valence-electron chi connectivity index (χ3n) is 3.01. The molecule has 0 heterocycles. The zero-order chi connectivity index (χ0) is 18.4. The van der Waals surface area contributed by atoms with Crippen molar-refractivity contribution in [1.82, 2.24) is 4.83 Å². The molecule has 2 N–H and O–H groups in total. The van der Waals surface area contributed by atoms with E-state index in [0.717, 1.165) is 12.3 Å². The number of rotatable bonds is 7. The number of sulfonamides is 1. The van der Waals surface area contributed by atoms with Crippen LogP contribution in [0.5, 0.6) is 11.5 Å². The molecule has 132 valence electrons. The molecule has 2 aromatic carbocycles. The van der Waals surface area contributed by atoms with Crippen LogP contribution in [0.15, 0.2) is 52.5 Å². The molecule has 0 saturated carbocycles. The number of hydrazone groups is 1. The Bertz CT molecular complexity index is 897. The largest absolute Gasteiger partial charge is 0.500 e. The normalized spacial score (nSPS) is 11.4. The SMILES string of the molecule is CCOc1cc(/C=N/NS(=O)(=O)c2ccccc2)cc([N+](=O)[O-])c1O. The molecule has 0 amide bonds. The molecule has 2 rings (SSSR count). The molecule has 0 aliphatic carbocycles. The lowest BCUT2D eigenvalue weighted by Gasteiger charge is -2.07. The quantitative estimate of drug-likeness (QED) is 0.438. The van der Waals surface area contributed by atoms with E-state index < -0.39 is 26.4 Å². The van der Waals surface area contributed by atoms with E-state index in [1.807, 2.05) is 4.83 Å². The average molecular weight is 365 g/mol. The summed E-state index contributed by atoms with van der Waals surface area (Å²) in [6.07, 6.45) is 1.08. The minimum Gasteiger partial charge on any atom is -0.500 e. The van der Waals surface area contributed by atoms with Crippen molar-refractivity contribution >= 4 is 21.9 Å². The molecule has 9 nitrogen and oxygen atoms in total. The van der Waals surface area contributed by atoms with Gasteiger partial charge in [0.1, 0.15) is 0 Å². The van der Waals surface area contributed by atoms with Crippen LogP contribution in [0.1, 0.15) is 12.5 Å². The fourth-order valence-corrected chi connectivity index (χ4v) is 2.73. The van der Waals surface area contributed by atoms with Gasteiger partial charge in [0, 0.05) is 11.6 Å². The number of nitro benzene ring substituents is 1. The Labute approximate surface area is 143 Å². The smallest absolute Gasteiger partial charge is 0.315 e. The highest BCUT2D eigenvalue weighted by atomic mass is 32.2. The minimum atomic E-state index is -3.85. The molecule has 0 radical (unpaired) electrons. The first-order valence-corrected chi connectivity index (χ1v) is 8.57. The lowest BCUT2D eigenvalue weighted by atomic mass is 10.2. The third kappa shape index (κ3) is 4.44. The molecule has 25 heavy (non-hydrogen) atoms. The van der Waals surface area contributed by atoms with Crippen LogP contribution in [-0.2, 0) is 10.0 Å². The second kappa shape index (κ2) is 7.62. The van der Waals surface area contributed by atoms with E-state index in [1.54, 1.807) is 25.1 Å². The maximum absolute atomic E-state index is 12.0. The highest BCUT2D eigenvalue weighted by Crippen LogP contribution is 2.36. The van der Waals surface area contributed by atoms with Crippen LogP contribution in [0.2, 0.25) is 0 Å². The van der Waals surface area contributed by atoms with Gasteiger partial charge in [-0.3, -0.25) is 10.1 Å². The van der Waals surface area contributed by atoms with Crippen LogP contribution in [0.3, 0.4) is 0 Å². The number of hydrogen-bond donors (Lipinski definition) is 2. The van der Waals surface area contributed by atoms with Gasteiger partial charge in [0.05, 0.1) is 22.6 Å². The van der Waals surface area contributed by atoms with Crippen LogP contribution in [0.25, 0.3) is 0 Å². The maximum atomic E-state index is 12.0. The molecule has 0 aliphatic heterocycles. The zero-order valence-electron chi connectivity index (χ0n) is 13.1. The molecule has 0 spiro atoms. The van der Waals surface area contributed by atoms with Crippen LogP contribution >= 0.6 is 0 Å². The first-order chi connectivity index (χ1) is 11.8. The van der Waals surface area contributed by atoms with Crippen LogP contribution in [0, 0.1) is 10.1 Å². The monoisotopic (exact) mass is 365 g/mol. The predicted molar refractivity (Wildman–Crippen MR) is 90.3 cm³/mol. The molecule has 0 bridgehead atoms. The second-order valence-corrected chi connectivity index (χ2v) is 6.40. The molecule has 0 fully saturated rings. The summed E-state index contributed by atoms with van der Waals surface area (Å²) in [4.78, 5) is 12.2. The maximum Gasteiger partial charge on any atom is 0.315 e. The van der Waals surface area contributed by atoms with Gasteiger partial charge >= 0.3 is 5.69 Å². The molecule has 0 aromatic heterocycles. The Morgan fingerprint density at radius 3 is 2.60 bits per heavy atom. The van der Waals surface area contributed by atoms with Crippen molar-refractivity contribution in [3.63, 3.8) is 0 Å².